The number of sulfonamides is 1. The lowest BCUT2D eigenvalue weighted by atomic mass is 10.4. The molecule has 0 fully saturated rings. The van der Waals surface area contributed by atoms with Crippen LogP contribution >= 0.6 is 44.3 Å². The monoisotopic (exact) mass is 420 g/mol. The lowest BCUT2D eigenvalue weighted by Gasteiger charge is -2.18. The maximum atomic E-state index is 12.3. The molecular weight excluding hydrogens is 407 g/mol. The molecule has 0 aliphatic heterocycles. The van der Waals surface area contributed by atoms with E-state index in [2.05, 4.69) is 37.2 Å². The number of hydrogen-bond donors (Lipinski definition) is 1. The van der Waals surface area contributed by atoms with Crippen molar-refractivity contribution in [1.29, 1.82) is 0 Å². The summed E-state index contributed by atoms with van der Waals surface area (Å²) in [4.78, 5) is 0.269. The van der Waals surface area contributed by atoms with Gasteiger partial charge in [0.2, 0.25) is 10.0 Å². The molecule has 0 saturated carbocycles. The SMILES string of the molecule is CNCCN(C)S(=O)(=O)c1cc(Br)ccc1Br.Cl. The van der Waals surface area contributed by atoms with Crippen molar-refractivity contribution in [2.45, 2.75) is 4.90 Å². The van der Waals surface area contributed by atoms with Gasteiger partial charge in [-0.15, -0.1) is 12.4 Å². The summed E-state index contributed by atoms with van der Waals surface area (Å²) in [5, 5.41) is 2.92. The molecule has 0 amide bonds. The molecule has 4 nitrogen and oxygen atoms in total. The van der Waals surface area contributed by atoms with E-state index in [-0.39, 0.29) is 17.3 Å². The molecule has 0 spiro atoms. The van der Waals surface area contributed by atoms with E-state index < -0.39 is 10.0 Å². The highest BCUT2D eigenvalue weighted by atomic mass is 79.9. The van der Waals surface area contributed by atoms with Crippen LogP contribution in [0.3, 0.4) is 0 Å². The van der Waals surface area contributed by atoms with Gasteiger partial charge in [-0.2, -0.15) is 4.31 Å². The average molecular weight is 423 g/mol. The van der Waals surface area contributed by atoms with Crippen LogP contribution < -0.4 is 5.32 Å². The largest absolute Gasteiger partial charge is 0.318 e. The minimum Gasteiger partial charge on any atom is -0.318 e. The summed E-state index contributed by atoms with van der Waals surface area (Å²) in [5.74, 6) is 0. The number of nitrogens with zero attached hydrogens (tertiary/aromatic N) is 1. The molecule has 1 N–H and O–H groups in total. The van der Waals surface area contributed by atoms with Crippen molar-refractivity contribution in [3.8, 4) is 0 Å². The van der Waals surface area contributed by atoms with Gasteiger partial charge in [0.15, 0.2) is 0 Å². The van der Waals surface area contributed by atoms with E-state index in [1.807, 2.05) is 0 Å². The van der Waals surface area contributed by atoms with Crippen molar-refractivity contribution in [3.63, 3.8) is 0 Å². The molecule has 0 radical (unpaired) electrons. The first kappa shape index (κ1) is 18.3. The molecule has 1 aromatic rings. The van der Waals surface area contributed by atoms with Crippen molar-refractivity contribution < 1.29 is 8.42 Å². The van der Waals surface area contributed by atoms with Crippen LogP contribution in [0, 0.1) is 0 Å². The molecule has 1 rings (SSSR count). The van der Waals surface area contributed by atoms with Crippen LogP contribution in [0.4, 0.5) is 0 Å². The van der Waals surface area contributed by atoms with Gasteiger partial charge >= 0.3 is 0 Å². The number of nitrogens with one attached hydrogen (secondary N) is 1. The van der Waals surface area contributed by atoms with Gasteiger partial charge in [0.25, 0.3) is 0 Å². The highest BCUT2D eigenvalue weighted by molar-refractivity contribution is 9.11. The maximum absolute atomic E-state index is 12.3. The first-order chi connectivity index (χ1) is 7.89. The maximum Gasteiger partial charge on any atom is 0.244 e. The van der Waals surface area contributed by atoms with Gasteiger partial charge in [0, 0.05) is 29.1 Å². The number of hydrogen-bond acceptors (Lipinski definition) is 3. The second-order valence-corrected chi connectivity index (χ2v) is 7.29. The Hall–Kier alpha value is 0.340. The fourth-order valence-corrected chi connectivity index (χ4v) is 3.86. The zero-order valence-electron chi connectivity index (χ0n) is 9.98. The van der Waals surface area contributed by atoms with E-state index in [1.54, 1.807) is 32.3 Å². The molecule has 0 bridgehead atoms. The molecule has 104 valence electrons. The van der Waals surface area contributed by atoms with Crippen LogP contribution in [-0.2, 0) is 10.0 Å². The Kier molecular flexibility index (Phi) is 7.96. The molecule has 18 heavy (non-hydrogen) atoms. The third kappa shape index (κ3) is 4.47. The lowest BCUT2D eigenvalue weighted by Crippen LogP contribution is -2.33. The fraction of sp³-hybridized carbons (Fsp3) is 0.400. The molecule has 8 heteroatoms. The predicted molar refractivity (Wildman–Crippen MR) is 82.8 cm³/mol. The molecule has 0 saturated heterocycles. The van der Waals surface area contributed by atoms with E-state index in [0.717, 1.165) is 4.47 Å². The summed E-state index contributed by atoms with van der Waals surface area (Å²) in [6, 6.07) is 5.09. The van der Waals surface area contributed by atoms with Crippen LogP contribution in [-0.4, -0.2) is 39.9 Å². The quantitative estimate of drug-likeness (QED) is 0.793. The van der Waals surface area contributed by atoms with E-state index in [0.29, 0.717) is 17.6 Å². The Bertz CT molecular complexity index is 497. The van der Waals surface area contributed by atoms with E-state index in [4.69, 9.17) is 0 Å². The van der Waals surface area contributed by atoms with E-state index in [9.17, 15) is 8.42 Å². The number of halogens is 3. The van der Waals surface area contributed by atoms with Crippen molar-refractivity contribution >= 4 is 54.3 Å². The van der Waals surface area contributed by atoms with Crippen LogP contribution in [0.5, 0.6) is 0 Å². The molecule has 0 unspecified atom stereocenters. The highest BCUT2D eigenvalue weighted by Crippen LogP contribution is 2.27. The summed E-state index contributed by atoms with van der Waals surface area (Å²) < 4.78 is 27.2. The van der Waals surface area contributed by atoms with Gasteiger partial charge in [-0.25, -0.2) is 8.42 Å². The summed E-state index contributed by atoms with van der Waals surface area (Å²) in [6.45, 7) is 1.04. The van der Waals surface area contributed by atoms with Crippen molar-refractivity contribution in [1.82, 2.24) is 9.62 Å². The first-order valence-electron chi connectivity index (χ1n) is 4.95. The van der Waals surface area contributed by atoms with Crippen LogP contribution in [0.25, 0.3) is 0 Å². The first-order valence-corrected chi connectivity index (χ1v) is 7.98. The molecule has 0 aliphatic rings. The Morgan fingerprint density at radius 2 is 1.94 bits per heavy atom. The van der Waals surface area contributed by atoms with Gasteiger partial charge in [-0.3, -0.25) is 0 Å². The standard InChI is InChI=1S/C10H14Br2N2O2S.ClH/c1-13-5-6-14(2)17(15,16)10-7-8(11)3-4-9(10)12;/h3-4,7,13H,5-6H2,1-2H3;1H. The average Bonchev–Trinajstić information content (AvgIpc) is 2.28. The number of benzene rings is 1. The Balaban J connectivity index is 0.00000289. The van der Waals surface area contributed by atoms with E-state index in [1.165, 1.54) is 4.31 Å². The molecule has 0 heterocycles. The minimum absolute atomic E-state index is 0. The second-order valence-electron chi connectivity index (χ2n) is 3.50. The van der Waals surface area contributed by atoms with Gasteiger partial charge in [0.05, 0.1) is 4.90 Å². The normalized spacial score (nSPS) is 11.4. The van der Waals surface area contributed by atoms with Gasteiger partial charge in [-0.1, -0.05) is 15.9 Å². The van der Waals surface area contributed by atoms with Crippen molar-refractivity contribution in [2.75, 3.05) is 27.2 Å². The Morgan fingerprint density at radius 1 is 1.33 bits per heavy atom. The zero-order valence-corrected chi connectivity index (χ0v) is 14.8. The molecule has 1 aromatic carbocycles. The lowest BCUT2D eigenvalue weighted by molar-refractivity contribution is 0.465. The smallest absolute Gasteiger partial charge is 0.244 e. The van der Waals surface area contributed by atoms with Crippen LogP contribution in [0.2, 0.25) is 0 Å². The zero-order chi connectivity index (χ0) is 13.1. The minimum atomic E-state index is -3.45. The Morgan fingerprint density at radius 3 is 2.50 bits per heavy atom. The highest BCUT2D eigenvalue weighted by Gasteiger charge is 2.23. The molecular formula is C10H15Br2ClN2O2S. The second kappa shape index (κ2) is 7.81. The third-order valence-corrected chi connectivity index (χ3v) is 5.60. The predicted octanol–water partition coefficient (Wildman–Crippen LogP) is 2.47. The summed E-state index contributed by atoms with van der Waals surface area (Å²) in [7, 11) is -0.0913. The van der Waals surface area contributed by atoms with Crippen LogP contribution in [0.15, 0.2) is 32.0 Å². The molecule has 0 atom stereocenters. The topological polar surface area (TPSA) is 49.4 Å². The third-order valence-electron chi connectivity index (χ3n) is 2.26. The summed E-state index contributed by atoms with van der Waals surface area (Å²) in [6.07, 6.45) is 0. The summed E-state index contributed by atoms with van der Waals surface area (Å²) in [5.41, 5.74) is 0. The van der Waals surface area contributed by atoms with Gasteiger partial charge in [-0.05, 0) is 41.2 Å². The molecule has 0 aromatic heterocycles. The molecule has 0 aliphatic carbocycles. The van der Waals surface area contributed by atoms with Crippen molar-refractivity contribution in [3.05, 3.63) is 27.1 Å². The van der Waals surface area contributed by atoms with Crippen LogP contribution in [0.1, 0.15) is 0 Å². The van der Waals surface area contributed by atoms with Crippen molar-refractivity contribution in [2.24, 2.45) is 0 Å². The van der Waals surface area contributed by atoms with Gasteiger partial charge in [0.1, 0.15) is 0 Å². The number of likely N-dealkylation sites (N-methyl/N-ethyl adjacent to an activating group) is 2. The number of rotatable bonds is 5. The van der Waals surface area contributed by atoms with Gasteiger partial charge < -0.3 is 5.32 Å². The Labute approximate surface area is 131 Å². The summed E-state index contributed by atoms with van der Waals surface area (Å²) >= 11 is 6.53. The fourth-order valence-electron chi connectivity index (χ4n) is 1.23. The van der Waals surface area contributed by atoms with E-state index >= 15 is 0 Å².